The molecule has 0 fully saturated rings. The summed E-state index contributed by atoms with van der Waals surface area (Å²) in [6.45, 7) is 1.58. The van der Waals surface area contributed by atoms with Gasteiger partial charge in [-0.2, -0.15) is 0 Å². The molecule has 2 aromatic rings. The van der Waals surface area contributed by atoms with E-state index in [0.717, 1.165) is 0 Å². The second-order valence-electron chi connectivity index (χ2n) is 4.39. The van der Waals surface area contributed by atoms with Crippen molar-refractivity contribution in [1.29, 1.82) is 0 Å². The van der Waals surface area contributed by atoms with Gasteiger partial charge in [-0.1, -0.05) is 12.1 Å². The predicted octanol–water partition coefficient (Wildman–Crippen LogP) is 3.48. The van der Waals surface area contributed by atoms with E-state index in [1.165, 1.54) is 30.3 Å². The molecule has 0 atom stereocenters. The van der Waals surface area contributed by atoms with Crippen LogP contribution in [0.15, 0.2) is 42.5 Å². The number of carboxylic acid groups (broad SMARTS) is 1. The Morgan fingerprint density at radius 1 is 1.10 bits per heavy atom. The zero-order valence-corrected chi connectivity index (χ0v) is 11.2. The topological polar surface area (TPSA) is 78.4 Å². The van der Waals surface area contributed by atoms with Gasteiger partial charge in [-0.25, -0.2) is 14.0 Å². The molecule has 0 saturated heterocycles. The number of anilines is 2. The standard InChI is InChI=1S/C15H13FN2O3/c1-9-8-10(6-7-12(9)16)17-15(21)18-13-5-3-2-4-11(13)14(19)20/h2-8H,1H3,(H,19,20)(H2,17,18,21). The number of hydrogen-bond donors (Lipinski definition) is 3. The Kier molecular flexibility index (Phi) is 4.18. The Labute approximate surface area is 120 Å². The highest BCUT2D eigenvalue weighted by molar-refractivity contribution is 6.04. The van der Waals surface area contributed by atoms with E-state index in [4.69, 9.17) is 5.11 Å². The number of aromatic carboxylic acids is 1. The number of carboxylic acids is 1. The van der Waals surface area contributed by atoms with Crippen LogP contribution in [0.5, 0.6) is 0 Å². The summed E-state index contributed by atoms with van der Waals surface area (Å²) in [5.41, 5.74) is 0.988. The van der Waals surface area contributed by atoms with Crippen molar-refractivity contribution in [2.45, 2.75) is 6.92 Å². The number of carbonyl (C=O) groups excluding carboxylic acids is 1. The third kappa shape index (κ3) is 3.56. The minimum absolute atomic E-state index is 0.0112. The van der Waals surface area contributed by atoms with Gasteiger partial charge in [0.2, 0.25) is 0 Å². The summed E-state index contributed by atoms with van der Waals surface area (Å²) >= 11 is 0. The zero-order valence-electron chi connectivity index (χ0n) is 11.2. The molecule has 0 spiro atoms. The molecule has 3 N–H and O–H groups in total. The fourth-order valence-electron chi connectivity index (χ4n) is 1.79. The monoisotopic (exact) mass is 288 g/mol. The highest BCUT2D eigenvalue weighted by Crippen LogP contribution is 2.17. The fraction of sp³-hybridized carbons (Fsp3) is 0.0667. The average molecular weight is 288 g/mol. The lowest BCUT2D eigenvalue weighted by atomic mass is 10.2. The SMILES string of the molecule is Cc1cc(NC(=O)Nc2ccccc2C(=O)O)ccc1F. The molecule has 108 valence electrons. The number of aryl methyl sites for hydroxylation is 1. The molecule has 0 radical (unpaired) electrons. The second-order valence-corrected chi connectivity index (χ2v) is 4.39. The van der Waals surface area contributed by atoms with Gasteiger partial charge in [0.1, 0.15) is 5.82 Å². The fourth-order valence-corrected chi connectivity index (χ4v) is 1.79. The maximum absolute atomic E-state index is 13.1. The highest BCUT2D eigenvalue weighted by atomic mass is 19.1. The van der Waals surface area contributed by atoms with Gasteiger partial charge in [0, 0.05) is 5.69 Å². The van der Waals surface area contributed by atoms with Crippen molar-refractivity contribution >= 4 is 23.4 Å². The van der Waals surface area contributed by atoms with Crippen molar-refractivity contribution in [2.24, 2.45) is 0 Å². The Morgan fingerprint density at radius 3 is 2.48 bits per heavy atom. The summed E-state index contributed by atoms with van der Waals surface area (Å²) in [6, 6.07) is 9.60. The minimum atomic E-state index is -1.14. The van der Waals surface area contributed by atoms with Gasteiger partial charge in [-0.3, -0.25) is 0 Å². The number of carbonyl (C=O) groups is 2. The molecule has 21 heavy (non-hydrogen) atoms. The van der Waals surface area contributed by atoms with E-state index < -0.39 is 12.0 Å². The summed E-state index contributed by atoms with van der Waals surface area (Å²) in [6.07, 6.45) is 0. The maximum atomic E-state index is 13.1. The van der Waals surface area contributed by atoms with Crippen molar-refractivity contribution in [2.75, 3.05) is 10.6 Å². The van der Waals surface area contributed by atoms with Crippen LogP contribution in [-0.2, 0) is 0 Å². The van der Waals surface area contributed by atoms with E-state index in [1.54, 1.807) is 19.1 Å². The molecular weight excluding hydrogens is 275 g/mol. The van der Waals surface area contributed by atoms with Gasteiger partial charge in [-0.05, 0) is 42.8 Å². The summed E-state index contributed by atoms with van der Waals surface area (Å²) in [5, 5.41) is 14.0. The molecule has 0 saturated carbocycles. The molecule has 0 aliphatic heterocycles. The summed E-state index contributed by atoms with van der Waals surface area (Å²) in [5.74, 6) is -1.50. The molecule has 2 aromatic carbocycles. The van der Waals surface area contributed by atoms with Gasteiger partial charge < -0.3 is 15.7 Å². The van der Waals surface area contributed by atoms with Gasteiger partial charge in [0.25, 0.3) is 0 Å². The van der Waals surface area contributed by atoms with Crippen LogP contribution >= 0.6 is 0 Å². The number of hydrogen-bond acceptors (Lipinski definition) is 2. The Hall–Kier alpha value is -2.89. The van der Waals surface area contributed by atoms with Gasteiger partial charge in [0.05, 0.1) is 11.3 Å². The van der Waals surface area contributed by atoms with E-state index >= 15 is 0 Å². The number of benzene rings is 2. The molecule has 0 aromatic heterocycles. The first-order chi connectivity index (χ1) is 9.97. The van der Waals surface area contributed by atoms with Crippen molar-refractivity contribution in [3.05, 3.63) is 59.4 Å². The van der Waals surface area contributed by atoms with E-state index in [0.29, 0.717) is 11.3 Å². The largest absolute Gasteiger partial charge is 0.478 e. The van der Waals surface area contributed by atoms with Gasteiger partial charge in [0.15, 0.2) is 0 Å². The first-order valence-corrected chi connectivity index (χ1v) is 6.14. The number of amides is 2. The zero-order chi connectivity index (χ0) is 15.4. The maximum Gasteiger partial charge on any atom is 0.337 e. The molecule has 2 rings (SSSR count). The first-order valence-electron chi connectivity index (χ1n) is 6.14. The van der Waals surface area contributed by atoms with Crippen LogP contribution in [0.4, 0.5) is 20.6 Å². The molecule has 0 unspecified atom stereocenters. The number of nitrogens with one attached hydrogen (secondary N) is 2. The predicted molar refractivity (Wildman–Crippen MR) is 77.2 cm³/mol. The Balaban J connectivity index is 2.12. The van der Waals surface area contributed by atoms with Crippen LogP contribution in [0, 0.1) is 12.7 Å². The van der Waals surface area contributed by atoms with Gasteiger partial charge >= 0.3 is 12.0 Å². The van der Waals surface area contributed by atoms with Crippen LogP contribution in [0.1, 0.15) is 15.9 Å². The lowest BCUT2D eigenvalue weighted by molar-refractivity contribution is 0.0698. The van der Waals surface area contributed by atoms with E-state index in [9.17, 15) is 14.0 Å². The molecule has 0 aliphatic carbocycles. The third-order valence-corrected chi connectivity index (χ3v) is 2.82. The van der Waals surface area contributed by atoms with E-state index in [2.05, 4.69) is 10.6 Å². The van der Waals surface area contributed by atoms with Crippen molar-refractivity contribution < 1.29 is 19.1 Å². The number of urea groups is 1. The van der Waals surface area contributed by atoms with Crippen molar-refractivity contribution in [3.63, 3.8) is 0 Å². The van der Waals surface area contributed by atoms with Crippen LogP contribution in [0.3, 0.4) is 0 Å². The highest BCUT2D eigenvalue weighted by Gasteiger charge is 2.11. The molecule has 5 nitrogen and oxygen atoms in total. The molecule has 6 heteroatoms. The number of halogens is 1. The second kappa shape index (κ2) is 6.04. The smallest absolute Gasteiger partial charge is 0.337 e. The molecule has 2 amide bonds. The van der Waals surface area contributed by atoms with Gasteiger partial charge in [-0.15, -0.1) is 0 Å². The van der Waals surface area contributed by atoms with Crippen LogP contribution in [-0.4, -0.2) is 17.1 Å². The molecule has 0 aliphatic rings. The van der Waals surface area contributed by atoms with Crippen LogP contribution < -0.4 is 10.6 Å². The number of para-hydroxylation sites is 1. The molecule has 0 bridgehead atoms. The summed E-state index contributed by atoms with van der Waals surface area (Å²) in [7, 11) is 0. The summed E-state index contributed by atoms with van der Waals surface area (Å²) < 4.78 is 13.1. The summed E-state index contributed by atoms with van der Waals surface area (Å²) in [4.78, 5) is 22.9. The van der Waals surface area contributed by atoms with Crippen molar-refractivity contribution in [1.82, 2.24) is 0 Å². The van der Waals surface area contributed by atoms with E-state index in [1.807, 2.05) is 0 Å². The quantitative estimate of drug-likeness (QED) is 0.809. The third-order valence-electron chi connectivity index (χ3n) is 2.82. The molecule has 0 heterocycles. The minimum Gasteiger partial charge on any atom is -0.478 e. The number of rotatable bonds is 3. The Morgan fingerprint density at radius 2 is 1.81 bits per heavy atom. The van der Waals surface area contributed by atoms with Crippen LogP contribution in [0.25, 0.3) is 0 Å². The first kappa shape index (κ1) is 14.5. The Bertz CT molecular complexity index is 701. The van der Waals surface area contributed by atoms with Crippen LogP contribution in [0.2, 0.25) is 0 Å². The molecular formula is C15H13FN2O3. The lowest BCUT2D eigenvalue weighted by Crippen LogP contribution is -2.21. The average Bonchev–Trinajstić information content (AvgIpc) is 2.43. The van der Waals surface area contributed by atoms with Crippen molar-refractivity contribution in [3.8, 4) is 0 Å². The lowest BCUT2D eigenvalue weighted by Gasteiger charge is -2.10. The normalized spacial score (nSPS) is 10.0. The van der Waals surface area contributed by atoms with E-state index in [-0.39, 0.29) is 17.1 Å².